The molecule has 0 saturated carbocycles. The van der Waals surface area contributed by atoms with Crippen LogP contribution in [0.5, 0.6) is 0 Å². The molecule has 0 atom stereocenters. The van der Waals surface area contributed by atoms with Gasteiger partial charge < -0.3 is 4.57 Å². The summed E-state index contributed by atoms with van der Waals surface area (Å²) in [5.74, 6) is 0.926. The Bertz CT molecular complexity index is 3190. The van der Waals surface area contributed by atoms with Crippen LogP contribution in [0.25, 0.3) is 99.7 Å². The first-order valence-electron chi connectivity index (χ1n) is 18.3. The third kappa shape index (κ3) is 4.70. The lowest BCUT2D eigenvalue weighted by molar-refractivity contribution is 1.10. The van der Waals surface area contributed by atoms with Crippen molar-refractivity contribution in [3.63, 3.8) is 0 Å². The molecular formula is C50H32N4. The van der Waals surface area contributed by atoms with Crippen molar-refractivity contribution < 1.29 is 0 Å². The number of benzene rings is 8. The summed E-state index contributed by atoms with van der Waals surface area (Å²) in [5.41, 5.74) is 13.0. The third-order valence-electron chi connectivity index (χ3n) is 10.7. The lowest BCUT2D eigenvalue weighted by atomic mass is 9.97. The first kappa shape index (κ1) is 30.3. The van der Waals surface area contributed by atoms with E-state index in [2.05, 4.69) is 191 Å². The summed E-state index contributed by atoms with van der Waals surface area (Å²) >= 11 is 0. The molecule has 0 aliphatic carbocycles. The number of nitrogens with zero attached hydrogens (tertiary/aromatic N) is 4. The van der Waals surface area contributed by atoms with Gasteiger partial charge in [-0.2, -0.15) is 0 Å². The van der Waals surface area contributed by atoms with Crippen molar-refractivity contribution in [2.45, 2.75) is 0 Å². The number of rotatable bonds is 5. The maximum atomic E-state index is 5.35. The highest BCUT2D eigenvalue weighted by atomic mass is 15.1. The van der Waals surface area contributed by atoms with Gasteiger partial charge in [-0.15, -0.1) is 0 Å². The number of imidazole rings is 1. The molecule has 0 aliphatic heterocycles. The van der Waals surface area contributed by atoms with Crippen molar-refractivity contribution in [1.29, 1.82) is 0 Å². The smallest absolute Gasteiger partial charge is 0.145 e. The second-order valence-electron chi connectivity index (χ2n) is 13.8. The van der Waals surface area contributed by atoms with Gasteiger partial charge in [0.05, 0.1) is 33.3 Å². The Kier molecular flexibility index (Phi) is 6.82. The van der Waals surface area contributed by atoms with Crippen molar-refractivity contribution in [3.8, 4) is 45.1 Å². The molecule has 8 aromatic carbocycles. The predicted octanol–water partition coefficient (Wildman–Crippen LogP) is 12.8. The van der Waals surface area contributed by atoms with Crippen LogP contribution in [0, 0.1) is 0 Å². The molecule has 11 rings (SSSR count). The molecule has 0 unspecified atom stereocenters. The molecule has 11 aromatic rings. The number of hydrogen-bond donors (Lipinski definition) is 0. The van der Waals surface area contributed by atoms with E-state index in [9.17, 15) is 0 Å². The van der Waals surface area contributed by atoms with Gasteiger partial charge in [0.25, 0.3) is 0 Å². The molecule has 0 saturated heterocycles. The summed E-state index contributed by atoms with van der Waals surface area (Å²) in [4.78, 5) is 10.4. The summed E-state index contributed by atoms with van der Waals surface area (Å²) in [6.07, 6.45) is 0. The Hall–Kier alpha value is -7.30. The number of aromatic nitrogens is 4. The topological polar surface area (TPSA) is 35.6 Å². The van der Waals surface area contributed by atoms with Crippen LogP contribution in [-0.2, 0) is 0 Å². The molecular weight excluding hydrogens is 657 g/mol. The molecule has 0 spiro atoms. The summed E-state index contributed by atoms with van der Waals surface area (Å²) in [6.45, 7) is 0. The van der Waals surface area contributed by atoms with Crippen LogP contribution >= 0.6 is 0 Å². The zero-order chi connectivity index (χ0) is 35.6. The van der Waals surface area contributed by atoms with Crippen LogP contribution in [0.2, 0.25) is 0 Å². The minimum atomic E-state index is 0.926. The van der Waals surface area contributed by atoms with Crippen molar-refractivity contribution >= 4 is 54.5 Å². The highest BCUT2D eigenvalue weighted by molar-refractivity contribution is 6.25. The predicted molar refractivity (Wildman–Crippen MR) is 225 cm³/mol. The van der Waals surface area contributed by atoms with Crippen LogP contribution in [0.1, 0.15) is 0 Å². The van der Waals surface area contributed by atoms with Gasteiger partial charge in [-0.05, 0) is 65.0 Å². The summed E-state index contributed by atoms with van der Waals surface area (Å²) < 4.78 is 4.69. The fourth-order valence-corrected chi connectivity index (χ4v) is 8.26. The fourth-order valence-electron chi connectivity index (χ4n) is 8.26. The van der Waals surface area contributed by atoms with E-state index < -0.39 is 0 Å². The van der Waals surface area contributed by atoms with E-state index in [1.165, 1.54) is 21.7 Å². The standard InChI is InChI=1S/C50H32N4/c1-3-14-34(15-4-1)48-47-41(39-20-7-9-22-43(39)51-48)30-31-42-40-21-8-11-24-45(40)53(49(42)47)38-19-13-16-36(32-38)33-26-28-35(29-27-33)50-52-44-23-10-12-25-46(44)54(50)37-17-5-2-6-18-37/h1-32H. The van der Waals surface area contributed by atoms with E-state index in [-0.39, 0.29) is 0 Å². The molecule has 0 aliphatic rings. The van der Waals surface area contributed by atoms with Gasteiger partial charge in [0, 0.05) is 44.0 Å². The van der Waals surface area contributed by atoms with Crippen molar-refractivity contribution in [3.05, 3.63) is 194 Å². The van der Waals surface area contributed by atoms with E-state index in [0.717, 1.165) is 78.0 Å². The number of pyridine rings is 1. The largest absolute Gasteiger partial charge is 0.309 e. The Labute approximate surface area is 311 Å². The summed E-state index contributed by atoms with van der Waals surface area (Å²) in [5, 5.41) is 5.94. The molecule has 252 valence electrons. The van der Waals surface area contributed by atoms with Gasteiger partial charge >= 0.3 is 0 Å². The van der Waals surface area contributed by atoms with Gasteiger partial charge in [0.1, 0.15) is 5.82 Å². The van der Waals surface area contributed by atoms with Crippen molar-refractivity contribution in [1.82, 2.24) is 19.1 Å². The highest BCUT2D eigenvalue weighted by Gasteiger charge is 2.21. The normalized spacial score (nSPS) is 11.7. The molecule has 0 bridgehead atoms. The monoisotopic (exact) mass is 688 g/mol. The minimum Gasteiger partial charge on any atom is -0.309 e. The van der Waals surface area contributed by atoms with Crippen molar-refractivity contribution in [2.75, 3.05) is 0 Å². The third-order valence-corrected chi connectivity index (χ3v) is 10.7. The van der Waals surface area contributed by atoms with Crippen LogP contribution in [0.4, 0.5) is 0 Å². The molecule has 0 amide bonds. The Morgan fingerprint density at radius 1 is 0.333 bits per heavy atom. The lowest BCUT2D eigenvalue weighted by Crippen LogP contribution is -1.98. The average Bonchev–Trinajstić information content (AvgIpc) is 3.81. The Morgan fingerprint density at radius 3 is 1.76 bits per heavy atom. The van der Waals surface area contributed by atoms with Gasteiger partial charge in [0.15, 0.2) is 0 Å². The zero-order valence-electron chi connectivity index (χ0n) is 29.3. The molecule has 54 heavy (non-hydrogen) atoms. The summed E-state index contributed by atoms with van der Waals surface area (Å²) in [7, 11) is 0. The fraction of sp³-hybridized carbons (Fsp3) is 0. The van der Waals surface area contributed by atoms with E-state index in [4.69, 9.17) is 9.97 Å². The quantitative estimate of drug-likeness (QED) is 0.169. The minimum absolute atomic E-state index is 0.926. The second-order valence-corrected chi connectivity index (χ2v) is 13.8. The van der Waals surface area contributed by atoms with Crippen LogP contribution in [0.15, 0.2) is 194 Å². The van der Waals surface area contributed by atoms with Gasteiger partial charge in [-0.3, -0.25) is 4.57 Å². The van der Waals surface area contributed by atoms with Gasteiger partial charge in [0.2, 0.25) is 0 Å². The van der Waals surface area contributed by atoms with E-state index in [0.29, 0.717) is 0 Å². The van der Waals surface area contributed by atoms with Crippen molar-refractivity contribution in [2.24, 2.45) is 0 Å². The second kappa shape index (κ2) is 12.1. The molecule has 0 radical (unpaired) electrons. The van der Waals surface area contributed by atoms with E-state index in [1.54, 1.807) is 0 Å². The van der Waals surface area contributed by atoms with Crippen LogP contribution < -0.4 is 0 Å². The molecule has 3 heterocycles. The van der Waals surface area contributed by atoms with E-state index >= 15 is 0 Å². The first-order valence-corrected chi connectivity index (χ1v) is 18.3. The molecule has 4 nitrogen and oxygen atoms in total. The highest BCUT2D eigenvalue weighted by Crippen LogP contribution is 2.42. The SMILES string of the molecule is c1ccc(-c2nc3ccccc3c3ccc4c5ccccc5n(-c5cccc(-c6ccc(-c7nc8ccccc8n7-c7ccccc7)cc6)c5)c4c23)cc1. The zero-order valence-corrected chi connectivity index (χ0v) is 29.3. The number of fused-ring (bicyclic) bond motifs is 8. The Morgan fingerprint density at radius 2 is 0.944 bits per heavy atom. The van der Waals surface area contributed by atoms with Gasteiger partial charge in [-0.1, -0.05) is 146 Å². The lowest BCUT2D eigenvalue weighted by Gasteiger charge is -2.15. The number of hydrogen-bond acceptors (Lipinski definition) is 2. The molecule has 0 N–H and O–H groups in total. The maximum absolute atomic E-state index is 5.35. The van der Waals surface area contributed by atoms with Gasteiger partial charge in [-0.25, -0.2) is 9.97 Å². The summed E-state index contributed by atoms with van der Waals surface area (Å²) in [6, 6.07) is 69.0. The molecule has 0 fully saturated rings. The van der Waals surface area contributed by atoms with Crippen LogP contribution in [0.3, 0.4) is 0 Å². The molecule has 4 heteroatoms. The number of para-hydroxylation sites is 5. The maximum Gasteiger partial charge on any atom is 0.145 e. The van der Waals surface area contributed by atoms with E-state index in [1.807, 2.05) is 12.1 Å². The first-order chi connectivity index (χ1) is 26.8. The molecule has 3 aromatic heterocycles. The Balaban J connectivity index is 1.11. The average molecular weight is 689 g/mol. The van der Waals surface area contributed by atoms with Crippen LogP contribution in [-0.4, -0.2) is 19.1 Å².